The van der Waals surface area contributed by atoms with Crippen LogP contribution in [-0.4, -0.2) is 27.0 Å². The summed E-state index contributed by atoms with van der Waals surface area (Å²) >= 11 is 0. The Morgan fingerprint density at radius 1 is 1.00 bits per heavy atom. The molecule has 0 spiro atoms. The molecule has 5 heteroatoms. The Hall–Kier alpha value is -3.47. The summed E-state index contributed by atoms with van der Waals surface area (Å²) < 4.78 is 2.31. The number of rotatable bonds is 7. The minimum atomic E-state index is -0.142. The van der Waals surface area contributed by atoms with Gasteiger partial charge in [0.2, 0.25) is 0 Å². The molecule has 0 fully saturated rings. The Balaban J connectivity index is 1.49. The van der Waals surface area contributed by atoms with Gasteiger partial charge >= 0.3 is 0 Å². The first-order chi connectivity index (χ1) is 14.2. The third-order valence-electron chi connectivity index (χ3n) is 5.10. The number of para-hydroxylation sites is 2. The van der Waals surface area contributed by atoms with E-state index in [1.807, 2.05) is 18.2 Å². The fourth-order valence-electron chi connectivity index (χ4n) is 3.62. The van der Waals surface area contributed by atoms with Crippen LogP contribution in [0.15, 0.2) is 79.0 Å². The van der Waals surface area contributed by atoms with E-state index in [0.717, 1.165) is 29.7 Å². The zero-order chi connectivity index (χ0) is 20.1. The molecule has 4 aromatic rings. The Labute approximate surface area is 170 Å². The zero-order valence-corrected chi connectivity index (χ0v) is 16.5. The van der Waals surface area contributed by atoms with Crippen LogP contribution >= 0.6 is 0 Å². The summed E-state index contributed by atoms with van der Waals surface area (Å²) in [6.07, 6.45) is 3.22. The number of carbonyl (C=O) groups is 1. The van der Waals surface area contributed by atoms with Gasteiger partial charge in [-0.2, -0.15) is 0 Å². The lowest BCUT2D eigenvalue weighted by molar-refractivity contribution is 0.0948. The molecule has 1 unspecified atom stereocenters. The highest BCUT2D eigenvalue weighted by Gasteiger charge is 2.17. The summed E-state index contributed by atoms with van der Waals surface area (Å²) in [5.41, 5.74) is 3.83. The predicted octanol–water partition coefficient (Wildman–Crippen LogP) is 4.40. The molecule has 5 nitrogen and oxygen atoms in total. The fourth-order valence-corrected chi connectivity index (χ4v) is 3.62. The third-order valence-corrected chi connectivity index (χ3v) is 5.10. The van der Waals surface area contributed by atoms with Gasteiger partial charge in [-0.25, -0.2) is 4.98 Å². The largest absolute Gasteiger partial charge is 0.351 e. The molecule has 4 rings (SSSR count). The Kier molecular flexibility index (Phi) is 5.66. The molecule has 2 aromatic heterocycles. The first kappa shape index (κ1) is 18.9. The molecule has 2 heterocycles. The van der Waals surface area contributed by atoms with Gasteiger partial charge in [0.15, 0.2) is 0 Å². The van der Waals surface area contributed by atoms with Crippen LogP contribution in [0.1, 0.15) is 41.3 Å². The van der Waals surface area contributed by atoms with Gasteiger partial charge in [0.1, 0.15) is 11.5 Å². The Morgan fingerprint density at radius 3 is 2.55 bits per heavy atom. The monoisotopic (exact) mass is 384 g/mol. The van der Waals surface area contributed by atoms with E-state index in [-0.39, 0.29) is 11.9 Å². The topological polar surface area (TPSA) is 59.8 Å². The molecule has 0 aliphatic rings. The molecule has 2 aromatic carbocycles. The number of pyridine rings is 1. The summed E-state index contributed by atoms with van der Waals surface area (Å²) in [6.45, 7) is 2.79. The highest BCUT2D eigenvalue weighted by atomic mass is 16.1. The van der Waals surface area contributed by atoms with Gasteiger partial charge in [0.25, 0.3) is 5.91 Å². The van der Waals surface area contributed by atoms with E-state index in [0.29, 0.717) is 12.2 Å². The minimum absolute atomic E-state index is 0.142. The molecule has 0 aliphatic carbocycles. The van der Waals surface area contributed by atoms with Gasteiger partial charge in [-0.3, -0.25) is 9.78 Å². The standard InChI is InChI=1S/C24H24N4O/c1-18(19-10-3-2-4-11-19)28-22-14-6-5-12-20(22)27-23(28)15-9-17-26-24(29)21-13-7-8-16-25-21/h2-8,10-14,16,18H,9,15,17H2,1H3,(H,26,29). The van der Waals surface area contributed by atoms with Gasteiger partial charge in [-0.05, 0) is 43.2 Å². The van der Waals surface area contributed by atoms with Crippen molar-refractivity contribution in [2.24, 2.45) is 0 Å². The van der Waals surface area contributed by atoms with Crippen molar-refractivity contribution >= 4 is 16.9 Å². The fraction of sp³-hybridized carbons (Fsp3) is 0.208. The molecule has 0 radical (unpaired) electrons. The molecule has 1 amide bonds. The van der Waals surface area contributed by atoms with Crippen LogP contribution < -0.4 is 5.32 Å². The van der Waals surface area contributed by atoms with Crippen LogP contribution in [0.2, 0.25) is 0 Å². The lowest BCUT2D eigenvalue weighted by atomic mass is 10.1. The number of hydrogen-bond acceptors (Lipinski definition) is 3. The predicted molar refractivity (Wildman–Crippen MR) is 115 cm³/mol. The van der Waals surface area contributed by atoms with E-state index < -0.39 is 0 Å². The smallest absolute Gasteiger partial charge is 0.269 e. The summed E-state index contributed by atoms with van der Waals surface area (Å²) in [5, 5.41) is 2.94. The molecule has 0 saturated heterocycles. The summed E-state index contributed by atoms with van der Waals surface area (Å²) in [6, 6.07) is 24.2. The van der Waals surface area contributed by atoms with E-state index in [1.54, 1.807) is 18.3 Å². The second-order valence-corrected chi connectivity index (χ2v) is 7.05. The molecule has 0 aliphatic heterocycles. The van der Waals surface area contributed by atoms with E-state index >= 15 is 0 Å². The number of imidazole rings is 1. The number of hydrogen-bond donors (Lipinski definition) is 1. The lowest BCUT2D eigenvalue weighted by Gasteiger charge is -2.18. The van der Waals surface area contributed by atoms with Crippen molar-refractivity contribution in [2.45, 2.75) is 25.8 Å². The third kappa shape index (κ3) is 4.19. The number of nitrogens with one attached hydrogen (secondary N) is 1. The van der Waals surface area contributed by atoms with Gasteiger partial charge in [0.05, 0.1) is 17.1 Å². The van der Waals surface area contributed by atoms with Crippen molar-refractivity contribution in [3.05, 3.63) is 96.1 Å². The minimum Gasteiger partial charge on any atom is -0.351 e. The number of amides is 1. The first-order valence-electron chi connectivity index (χ1n) is 9.94. The van der Waals surface area contributed by atoms with Crippen molar-refractivity contribution in [1.29, 1.82) is 0 Å². The van der Waals surface area contributed by atoms with Crippen LogP contribution in [0.4, 0.5) is 0 Å². The lowest BCUT2D eigenvalue weighted by Crippen LogP contribution is -2.25. The van der Waals surface area contributed by atoms with Crippen molar-refractivity contribution in [3.8, 4) is 0 Å². The average molecular weight is 384 g/mol. The summed E-state index contributed by atoms with van der Waals surface area (Å²) in [4.78, 5) is 21.1. The Bertz CT molecular complexity index is 1090. The molecule has 0 saturated carbocycles. The highest BCUT2D eigenvalue weighted by Crippen LogP contribution is 2.26. The van der Waals surface area contributed by atoms with Crippen molar-refractivity contribution in [2.75, 3.05) is 6.54 Å². The van der Waals surface area contributed by atoms with Gasteiger partial charge in [0, 0.05) is 19.2 Å². The molecule has 29 heavy (non-hydrogen) atoms. The van der Waals surface area contributed by atoms with Crippen molar-refractivity contribution in [3.63, 3.8) is 0 Å². The number of benzene rings is 2. The second kappa shape index (κ2) is 8.69. The van der Waals surface area contributed by atoms with Gasteiger partial charge in [-0.15, -0.1) is 0 Å². The number of aromatic nitrogens is 3. The number of fused-ring (bicyclic) bond motifs is 1. The van der Waals surface area contributed by atoms with E-state index in [9.17, 15) is 4.79 Å². The maximum absolute atomic E-state index is 12.2. The van der Waals surface area contributed by atoms with E-state index in [4.69, 9.17) is 4.98 Å². The van der Waals surface area contributed by atoms with Gasteiger partial charge < -0.3 is 9.88 Å². The molecule has 1 atom stereocenters. The number of carbonyl (C=O) groups excluding carboxylic acids is 1. The second-order valence-electron chi connectivity index (χ2n) is 7.05. The van der Waals surface area contributed by atoms with E-state index in [1.165, 1.54) is 5.56 Å². The molecular formula is C24H24N4O. The SMILES string of the molecule is CC(c1ccccc1)n1c(CCCNC(=O)c2ccccn2)nc2ccccc21. The molecule has 1 N–H and O–H groups in total. The van der Waals surface area contributed by atoms with Crippen LogP contribution in [0.5, 0.6) is 0 Å². The van der Waals surface area contributed by atoms with E-state index in [2.05, 4.69) is 64.3 Å². The molecule has 0 bridgehead atoms. The van der Waals surface area contributed by atoms with Crippen molar-refractivity contribution in [1.82, 2.24) is 19.9 Å². The highest BCUT2D eigenvalue weighted by molar-refractivity contribution is 5.92. The molecule has 146 valence electrons. The van der Waals surface area contributed by atoms with Crippen molar-refractivity contribution < 1.29 is 4.79 Å². The Morgan fingerprint density at radius 2 is 1.76 bits per heavy atom. The van der Waals surface area contributed by atoms with Crippen LogP contribution in [0.25, 0.3) is 11.0 Å². The first-order valence-corrected chi connectivity index (χ1v) is 9.94. The summed E-state index contributed by atoms with van der Waals surface area (Å²) in [5.74, 6) is 0.895. The quantitative estimate of drug-likeness (QED) is 0.480. The number of aryl methyl sites for hydroxylation is 1. The zero-order valence-electron chi connectivity index (χ0n) is 16.5. The normalized spacial score (nSPS) is 12.0. The van der Waals surface area contributed by atoms with Gasteiger partial charge in [-0.1, -0.05) is 48.5 Å². The van der Waals surface area contributed by atoms with Crippen LogP contribution in [0.3, 0.4) is 0 Å². The number of nitrogens with zero attached hydrogens (tertiary/aromatic N) is 3. The maximum Gasteiger partial charge on any atom is 0.269 e. The van der Waals surface area contributed by atoms with Crippen LogP contribution in [0, 0.1) is 0 Å². The summed E-state index contributed by atoms with van der Waals surface area (Å²) in [7, 11) is 0. The maximum atomic E-state index is 12.2. The van der Waals surface area contributed by atoms with Crippen LogP contribution in [-0.2, 0) is 6.42 Å². The molecular weight excluding hydrogens is 360 g/mol. The average Bonchev–Trinajstić information content (AvgIpc) is 3.15.